The number of hydrogen-bond acceptors (Lipinski definition) is 5. The lowest BCUT2D eigenvalue weighted by Crippen LogP contribution is -2.12. The van der Waals surface area contributed by atoms with Gasteiger partial charge in [-0.1, -0.05) is 31.2 Å². The molecule has 0 radical (unpaired) electrons. The Labute approximate surface area is 188 Å². The molecule has 1 heterocycles. The van der Waals surface area contributed by atoms with E-state index in [2.05, 4.69) is 12.1 Å². The van der Waals surface area contributed by atoms with E-state index in [0.717, 1.165) is 22.4 Å². The highest BCUT2D eigenvalue weighted by Gasteiger charge is 2.26. The molecule has 0 aliphatic carbocycles. The molecule has 0 fully saturated rings. The zero-order chi connectivity index (χ0) is 23.3. The van der Waals surface area contributed by atoms with Gasteiger partial charge in [-0.15, -0.1) is 0 Å². The molecule has 0 spiro atoms. The highest BCUT2D eigenvalue weighted by Crippen LogP contribution is 2.36. The molecule has 3 rings (SSSR count). The molecule has 2 aromatic carbocycles. The standard InChI is InChI=1S/C26H25N3O3/c1-5-22-21(16-28)24(25(29(22)4)26(30)32-7-3)19-11-9-18(10-12-19)20-14-17(15-27)8-13-23(20)31-6-2/h8-14H,5-7H2,1-4H3. The van der Waals surface area contributed by atoms with Gasteiger partial charge in [0.1, 0.15) is 17.5 Å². The maximum atomic E-state index is 12.7. The van der Waals surface area contributed by atoms with E-state index in [9.17, 15) is 15.3 Å². The van der Waals surface area contributed by atoms with E-state index in [1.165, 1.54) is 0 Å². The van der Waals surface area contributed by atoms with Crippen LogP contribution < -0.4 is 4.74 Å². The van der Waals surface area contributed by atoms with Gasteiger partial charge in [-0.2, -0.15) is 10.5 Å². The summed E-state index contributed by atoms with van der Waals surface area (Å²) in [7, 11) is 1.78. The van der Waals surface area contributed by atoms with Gasteiger partial charge in [-0.25, -0.2) is 4.79 Å². The molecule has 0 atom stereocenters. The van der Waals surface area contributed by atoms with Crippen molar-refractivity contribution in [3.63, 3.8) is 0 Å². The van der Waals surface area contributed by atoms with Gasteiger partial charge in [0.15, 0.2) is 0 Å². The van der Waals surface area contributed by atoms with Crippen LogP contribution in [0.4, 0.5) is 0 Å². The van der Waals surface area contributed by atoms with E-state index in [4.69, 9.17) is 9.47 Å². The van der Waals surface area contributed by atoms with Crippen molar-refractivity contribution in [1.82, 2.24) is 4.57 Å². The molecule has 0 saturated heterocycles. The monoisotopic (exact) mass is 427 g/mol. The van der Waals surface area contributed by atoms with Crippen LogP contribution >= 0.6 is 0 Å². The number of carbonyl (C=O) groups is 1. The summed E-state index contributed by atoms with van der Waals surface area (Å²) in [5.74, 6) is 0.239. The van der Waals surface area contributed by atoms with Gasteiger partial charge in [-0.05, 0) is 49.6 Å². The fourth-order valence-corrected chi connectivity index (χ4v) is 3.91. The predicted molar refractivity (Wildman–Crippen MR) is 122 cm³/mol. The summed E-state index contributed by atoms with van der Waals surface area (Å²) in [6, 6.07) is 17.3. The number of benzene rings is 2. The van der Waals surface area contributed by atoms with E-state index < -0.39 is 5.97 Å². The third-order valence-electron chi connectivity index (χ3n) is 5.32. The average Bonchev–Trinajstić information content (AvgIpc) is 3.11. The van der Waals surface area contributed by atoms with Crippen LogP contribution in [0.2, 0.25) is 0 Å². The lowest BCUT2D eigenvalue weighted by Gasteiger charge is -2.12. The van der Waals surface area contributed by atoms with Gasteiger partial charge in [0.05, 0.1) is 30.4 Å². The molecule has 32 heavy (non-hydrogen) atoms. The first-order chi connectivity index (χ1) is 15.5. The lowest BCUT2D eigenvalue weighted by atomic mass is 9.96. The zero-order valence-corrected chi connectivity index (χ0v) is 18.7. The van der Waals surface area contributed by atoms with Gasteiger partial charge in [0, 0.05) is 23.9 Å². The molecule has 162 valence electrons. The minimum atomic E-state index is -0.453. The van der Waals surface area contributed by atoms with Crippen LogP contribution in [0.5, 0.6) is 5.75 Å². The fourth-order valence-electron chi connectivity index (χ4n) is 3.91. The molecule has 6 heteroatoms. The van der Waals surface area contributed by atoms with E-state index >= 15 is 0 Å². The Kier molecular flexibility index (Phi) is 6.97. The second kappa shape index (κ2) is 9.85. The second-order valence-corrected chi connectivity index (χ2v) is 7.12. The second-order valence-electron chi connectivity index (χ2n) is 7.12. The van der Waals surface area contributed by atoms with Gasteiger partial charge >= 0.3 is 5.97 Å². The molecule has 0 amide bonds. The van der Waals surface area contributed by atoms with E-state index in [0.29, 0.717) is 41.2 Å². The van der Waals surface area contributed by atoms with Gasteiger partial charge in [0.2, 0.25) is 0 Å². The Morgan fingerprint density at radius 1 is 0.969 bits per heavy atom. The number of nitriles is 2. The molecule has 0 aliphatic rings. The lowest BCUT2D eigenvalue weighted by molar-refractivity contribution is 0.0516. The number of carbonyl (C=O) groups excluding carboxylic acids is 1. The molecule has 1 aromatic heterocycles. The summed E-state index contributed by atoms with van der Waals surface area (Å²) in [5, 5.41) is 19.2. The first-order valence-corrected chi connectivity index (χ1v) is 10.6. The number of hydrogen-bond donors (Lipinski definition) is 0. The van der Waals surface area contributed by atoms with Crippen molar-refractivity contribution in [2.24, 2.45) is 7.05 Å². The molecular weight excluding hydrogens is 402 g/mol. The SMILES string of the molecule is CCOC(=O)c1c(-c2ccc(-c3cc(C#N)ccc3OCC)cc2)c(C#N)c(CC)n1C. The Bertz CT molecular complexity index is 1230. The summed E-state index contributed by atoms with van der Waals surface area (Å²) in [6.07, 6.45) is 0.614. The first kappa shape index (κ1) is 22.7. The summed E-state index contributed by atoms with van der Waals surface area (Å²) < 4.78 is 12.8. The molecule has 0 bridgehead atoms. The van der Waals surface area contributed by atoms with Crippen molar-refractivity contribution in [1.29, 1.82) is 10.5 Å². The summed E-state index contributed by atoms with van der Waals surface area (Å²) >= 11 is 0. The summed E-state index contributed by atoms with van der Waals surface area (Å²) in [5.41, 5.74) is 5.19. The number of aromatic nitrogens is 1. The predicted octanol–water partition coefficient (Wildman–Crippen LogP) is 5.24. The van der Waals surface area contributed by atoms with Crippen molar-refractivity contribution < 1.29 is 14.3 Å². The number of rotatable bonds is 7. The van der Waals surface area contributed by atoms with Crippen molar-refractivity contribution in [3.8, 4) is 40.1 Å². The largest absolute Gasteiger partial charge is 0.493 e. The highest BCUT2D eigenvalue weighted by molar-refractivity contribution is 5.98. The molecular formula is C26H25N3O3. The highest BCUT2D eigenvalue weighted by atomic mass is 16.5. The van der Waals surface area contributed by atoms with E-state index in [-0.39, 0.29) is 6.61 Å². The summed E-state index contributed by atoms with van der Waals surface area (Å²) in [4.78, 5) is 12.7. The zero-order valence-electron chi connectivity index (χ0n) is 18.7. The Morgan fingerprint density at radius 3 is 2.22 bits per heavy atom. The van der Waals surface area contributed by atoms with Crippen LogP contribution in [0.1, 0.15) is 48.1 Å². The number of ether oxygens (including phenoxy) is 2. The normalized spacial score (nSPS) is 10.3. The van der Waals surface area contributed by atoms with Crippen LogP contribution in [0, 0.1) is 22.7 Å². The van der Waals surface area contributed by atoms with Gasteiger partial charge in [-0.3, -0.25) is 0 Å². The van der Waals surface area contributed by atoms with Crippen LogP contribution in [0.25, 0.3) is 22.3 Å². The Balaban J connectivity index is 2.16. The third-order valence-corrected chi connectivity index (χ3v) is 5.32. The minimum Gasteiger partial charge on any atom is -0.493 e. The number of nitrogens with zero attached hydrogens (tertiary/aromatic N) is 3. The van der Waals surface area contributed by atoms with E-state index in [1.807, 2.05) is 38.1 Å². The molecule has 6 nitrogen and oxygen atoms in total. The van der Waals surface area contributed by atoms with Gasteiger partial charge < -0.3 is 14.0 Å². The quantitative estimate of drug-likeness (QED) is 0.481. The van der Waals surface area contributed by atoms with Crippen molar-refractivity contribution in [2.75, 3.05) is 13.2 Å². The van der Waals surface area contributed by atoms with Crippen LogP contribution in [0.3, 0.4) is 0 Å². The maximum absolute atomic E-state index is 12.7. The number of esters is 1. The van der Waals surface area contributed by atoms with Crippen LogP contribution in [0.15, 0.2) is 42.5 Å². The molecule has 0 unspecified atom stereocenters. The van der Waals surface area contributed by atoms with Crippen molar-refractivity contribution in [2.45, 2.75) is 27.2 Å². The Morgan fingerprint density at radius 2 is 1.66 bits per heavy atom. The van der Waals surface area contributed by atoms with Crippen LogP contribution in [-0.2, 0) is 18.2 Å². The Hall–Kier alpha value is -4.03. The van der Waals surface area contributed by atoms with Crippen molar-refractivity contribution >= 4 is 5.97 Å². The fraction of sp³-hybridized carbons (Fsp3) is 0.269. The maximum Gasteiger partial charge on any atom is 0.355 e. The third kappa shape index (κ3) is 4.08. The van der Waals surface area contributed by atoms with E-state index in [1.54, 1.807) is 36.7 Å². The minimum absolute atomic E-state index is 0.251. The van der Waals surface area contributed by atoms with Crippen LogP contribution in [-0.4, -0.2) is 23.8 Å². The molecule has 0 N–H and O–H groups in total. The average molecular weight is 428 g/mol. The molecule has 0 saturated carbocycles. The first-order valence-electron chi connectivity index (χ1n) is 10.6. The van der Waals surface area contributed by atoms with Gasteiger partial charge in [0.25, 0.3) is 0 Å². The molecule has 0 aliphatic heterocycles. The molecule has 3 aromatic rings. The smallest absolute Gasteiger partial charge is 0.355 e. The van der Waals surface area contributed by atoms with Crippen molar-refractivity contribution in [3.05, 3.63) is 65.0 Å². The topological polar surface area (TPSA) is 88.0 Å². The summed E-state index contributed by atoms with van der Waals surface area (Å²) in [6.45, 7) is 6.38.